The topological polar surface area (TPSA) is 128 Å². The predicted octanol–water partition coefficient (Wildman–Crippen LogP) is -0.303. The molecular weight excluding hydrogens is 408 g/mol. The van der Waals surface area contributed by atoms with Crippen molar-refractivity contribution in [2.24, 2.45) is 14.1 Å². The quantitative estimate of drug-likeness (QED) is 0.409. The number of hydrogen-bond acceptors (Lipinski definition) is 8. The molecule has 0 unspecified atom stereocenters. The standard InChI is InChI=1S/C19H20N6O6/c1-22-16-15(17(26)23(2)18(22)27)24(10-20-16)9-14-21-25(19(28)31-14)8-11-5-12(29-3)7-13(6-11)30-4/h5-7,10H,8-9H2,1-4H3. The summed E-state index contributed by atoms with van der Waals surface area (Å²) in [5, 5.41) is 4.22. The van der Waals surface area contributed by atoms with Crippen LogP contribution >= 0.6 is 0 Å². The molecule has 0 spiro atoms. The van der Waals surface area contributed by atoms with E-state index >= 15 is 0 Å². The number of imidazole rings is 1. The van der Waals surface area contributed by atoms with Gasteiger partial charge in [-0.05, 0) is 17.7 Å². The van der Waals surface area contributed by atoms with Gasteiger partial charge < -0.3 is 18.5 Å². The summed E-state index contributed by atoms with van der Waals surface area (Å²) in [6, 6.07) is 5.24. The Morgan fingerprint density at radius 1 is 0.968 bits per heavy atom. The van der Waals surface area contributed by atoms with Crippen molar-refractivity contribution in [3.05, 3.63) is 67.4 Å². The lowest BCUT2D eigenvalue weighted by Crippen LogP contribution is -2.37. The molecule has 3 aromatic heterocycles. The number of aromatic nitrogens is 6. The molecule has 12 heteroatoms. The van der Waals surface area contributed by atoms with Crippen LogP contribution in [0.4, 0.5) is 0 Å². The van der Waals surface area contributed by atoms with Gasteiger partial charge in [0.2, 0.25) is 5.89 Å². The molecule has 0 saturated carbocycles. The zero-order valence-electron chi connectivity index (χ0n) is 17.4. The van der Waals surface area contributed by atoms with E-state index in [1.165, 1.54) is 43.8 Å². The van der Waals surface area contributed by atoms with E-state index in [0.717, 1.165) is 14.8 Å². The van der Waals surface area contributed by atoms with E-state index < -0.39 is 17.0 Å². The van der Waals surface area contributed by atoms with E-state index in [1.54, 1.807) is 18.2 Å². The van der Waals surface area contributed by atoms with E-state index in [4.69, 9.17) is 13.9 Å². The summed E-state index contributed by atoms with van der Waals surface area (Å²) in [4.78, 5) is 41.1. The first-order valence-corrected chi connectivity index (χ1v) is 9.22. The van der Waals surface area contributed by atoms with Gasteiger partial charge in [0.25, 0.3) is 5.56 Å². The fraction of sp³-hybridized carbons (Fsp3) is 0.316. The summed E-state index contributed by atoms with van der Waals surface area (Å²) in [7, 11) is 5.99. The van der Waals surface area contributed by atoms with Crippen molar-refractivity contribution >= 4 is 11.2 Å². The lowest BCUT2D eigenvalue weighted by Gasteiger charge is -2.07. The second-order valence-electron chi connectivity index (χ2n) is 6.89. The highest BCUT2D eigenvalue weighted by Gasteiger charge is 2.17. The van der Waals surface area contributed by atoms with Crippen molar-refractivity contribution in [1.82, 2.24) is 28.5 Å². The number of nitrogens with zero attached hydrogens (tertiary/aromatic N) is 6. The normalized spacial score (nSPS) is 11.2. The summed E-state index contributed by atoms with van der Waals surface area (Å²) in [5.41, 5.74) is 0.195. The molecule has 3 heterocycles. The molecular formula is C19H20N6O6. The second kappa shape index (κ2) is 7.63. The van der Waals surface area contributed by atoms with Crippen LogP contribution in [0.15, 0.2) is 43.3 Å². The Bertz CT molecular complexity index is 1430. The molecule has 1 aromatic carbocycles. The second-order valence-corrected chi connectivity index (χ2v) is 6.89. The third-order valence-electron chi connectivity index (χ3n) is 4.91. The average Bonchev–Trinajstić information content (AvgIpc) is 3.33. The number of hydrogen-bond donors (Lipinski definition) is 0. The highest BCUT2D eigenvalue weighted by molar-refractivity contribution is 5.70. The van der Waals surface area contributed by atoms with Crippen LogP contribution in [0, 0.1) is 0 Å². The summed E-state index contributed by atoms with van der Waals surface area (Å²) in [6.45, 7) is 0.129. The minimum Gasteiger partial charge on any atom is -0.497 e. The third-order valence-corrected chi connectivity index (χ3v) is 4.91. The van der Waals surface area contributed by atoms with Gasteiger partial charge in [0, 0.05) is 20.2 Å². The average molecular weight is 428 g/mol. The maximum atomic E-state index is 12.6. The molecule has 0 aliphatic rings. The first-order valence-electron chi connectivity index (χ1n) is 9.22. The minimum absolute atomic E-state index is 0.00633. The SMILES string of the molecule is COc1cc(Cn2nc(Cn3cnc4c3c(=O)n(C)c(=O)n4C)oc2=O)cc(OC)c1. The van der Waals surface area contributed by atoms with Crippen molar-refractivity contribution in [1.29, 1.82) is 0 Å². The van der Waals surface area contributed by atoms with E-state index in [1.807, 2.05) is 0 Å². The van der Waals surface area contributed by atoms with Gasteiger partial charge in [0.15, 0.2) is 11.2 Å². The summed E-state index contributed by atoms with van der Waals surface area (Å²) < 4.78 is 20.7. The van der Waals surface area contributed by atoms with Gasteiger partial charge in [0.05, 0.1) is 27.1 Å². The summed E-state index contributed by atoms with van der Waals surface area (Å²) in [6.07, 6.45) is 1.40. The van der Waals surface area contributed by atoms with Gasteiger partial charge in [-0.15, -0.1) is 5.10 Å². The molecule has 0 aliphatic heterocycles. The summed E-state index contributed by atoms with van der Waals surface area (Å²) >= 11 is 0. The lowest BCUT2D eigenvalue weighted by molar-refractivity contribution is 0.392. The van der Waals surface area contributed by atoms with Crippen LogP contribution in [0.3, 0.4) is 0 Å². The monoisotopic (exact) mass is 428 g/mol. The van der Waals surface area contributed by atoms with Gasteiger partial charge in [-0.2, -0.15) is 4.68 Å². The molecule has 0 saturated heterocycles. The first-order chi connectivity index (χ1) is 14.8. The van der Waals surface area contributed by atoms with Gasteiger partial charge in [0.1, 0.15) is 18.0 Å². The smallest absolute Gasteiger partial charge is 0.437 e. The summed E-state index contributed by atoms with van der Waals surface area (Å²) in [5.74, 6) is 0.603. The van der Waals surface area contributed by atoms with Crippen LogP contribution < -0.4 is 26.5 Å². The third kappa shape index (κ3) is 3.52. The predicted molar refractivity (Wildman–Crippen MR) is 109 cm³/mol. The fourth-order valence-electron chi connectivity index (χ4n) is 3.31. The maximum absolute atomic E-state index is 12.6. The van der Waals surface area contributed by atoms with E-state index in [9.17, 15) is 14.4 Å². The van der Waals surface area contributed by atoms with Gasteiger partial charge in [-0.1, -0.05) is 0 Å². The molecule has 31 heavy (non-hydrogen) atoms. The molecule has 0 aliphatic carbocycles. The lowest BCUT2D eigenvalue weighted by atomic mass is 10.2. The van der Waals surface area contributed by atoms with Crippen LogP contribution in [0.5, 0.6) is 11.5 Å². The number of benzene rings is 1. The molecule has 0 atom stereocenters. The van der Waals surface area contributed by atoms with E-state index in [0.29, 0.717) is 11.5 Å². The van der Waals surface area contributed by atoms with Crippen LogP contribution in [0.25, 0.3) is 11.2 Å². The fourth-order valence-corrected chi connectivity index (χ4v) is 3.31. The Morgan fingerprint density at radius 3 is 2.29 bits per heavy atom. The Kier molecular flexibility index (Phi) is 4.97. The number of rotatable bonds is 6. The highest BCUT2D eigenvalue weighted by atomic mass is 16.5. The van der Waals surface area contributed by atoms with Gasteiger partial charge >= 0.3 is 11.4 Å². The Labute approximate surface area is 174 Å². The van der Waals surface area contributed by atoms with E-state index in [-0.39, 0.29) is 30.1 Å². The molecule has 4 aromatic rings. The highest BCUT2D eigenvalue weighted by Crippen LogP contribution is 2.22. The maximum Gasteiger partial charge on any atom is 0.437 e. The molecule has 0 N–H and O–H groups in total. The van der Waals surface area contributed by atoms with Crippen molar-refractivity contribution in [2.45, 2.75) is 13.1 Å². The van der Waals surface area contributed by atoms with Crippen molar-refractivity contribution in [3.8, 4) is 11.5 Å². The largest absolute Gasteiger partial charge is 0.497 e. The van der Waals surface area contributed by atoms with Gasteiger partial charge in [-0.3, -0.25) is 13.9 Å². The van der Waals surface area contributed by atoms with Crippen molar-refractivity contribution < 1.29 is 13.9 Å². The van der Waals surface area contributed by atoms with Crippen LogP contribution in [-0.2, 0) is 27.2 Å². The molecule has 162 valence electrons. The zero-order valence-corrected chi connectivity index (χ0v) is 17.4. The number of aryl methyl sites for hydroxylation is 1. The van der Waals surface area contributed by atoms with Crippen LogP contribution in [0.1, 0.15) is 11.5 Å². The number of fused-ring (bicyclic) bond motifs is 1. The van der Waals surface area contributed by atoms with Crippen molar-refractivity contribution in [2.75, 3.05) is 14.2 Å². The molecule has 4 rings (SSSR count). The van der Waals surface area contributed by atoms with Gasteiger partial charge in [-0.25, -0.2) is 14.6 Å². The molecule has 0 fully saturated rings. The van der Waals surface area contributed by atoms with Crippen LogP contribution in [-0.4, -0.2) is 42.7 Å². The number of ether oxygens (including phenoxy) is 2. The van der Waals surface area contributed by atoms with Crippen molar-refractivity contribution in [3.63, 3.8) is 0 Å². The minimum atomic E-state index is -0.651. The number of methoxy groups -OCH3 is 2. The Morgan fingerprint density at radius 2 is 1.65 bits per heavy atom. The molecule has 0 amide bonds. The Balaban J connectivity index is 1.68. The van der Waals surface area contributed by atoms with E-state index in [2.05, 4.69) is 10.1 Å². The molecule has 12 nitrogen and oxygen atoms in total. The first kappa shape index (κ1) is 20.2. The zero-order chi connectivity index (χ0) is 22.3. The molecule has 0 bridgehead atoms. The molecule has 0 radical (unpaired) electrons. The Hall–Kier alpha value is -4.09. The van der Waals surface area contributed by atoms with Crippen LogP contribution in [0.2, 0.25) is 0 Å².